The maximum atomic E-state index is 11.9. The molecule has 0 spiro atoms. The normalized spacial score (nSPS) is 13.7. The first-order chi connectivity index (χ1) is 8.72. The summed E-state index contributed by atoms with van der Waals surface area (Å²) >= 11 is 0. The maximum absolute atomic E-state index is 11.9. The molecule has 0 aliphatic heterocycles. The zero-order valence-electron chi connectivity index (χ0n) is 11.2. The van der Waals surface area contributed by atoms with Crippen molar-refractivity contribution in [3.05, 3.63) is 17.9 Å². The molecular formula is C12H19NO5S. The van der Waals surface area contributed by atoms with Gasteiger partial charge in [-0.25, -0.2) is 17.9 Å². The number of carbonyl (C=O) groups is 1. The average molecular weight is 289 g/mol. The van der Waals surface area contributed by atoms with Gasteiger partial charge in [-0.2, -0.15) is 0 Å². The molecule has 0 aliphatic rings. The molecule has 1 rings (SSSR count). The van der Waals surface area contributed by atoms with Gasteiger partial charge in [0.1, 0.15) is 0 Å². The highest BCUT2D eigenvalue weighted by molar-refractivity contribution is 7.89. The van der Waals surface area contributed by atoms with E-state index in [1.165, 1.54) is 0 Å². The van der Waals surface area contributed by atoms with Gasteiger partial charge in [-0.05, 0) is 37.8 Å². The summed E-state index contributed by atoms with van der Waals surface area (Å²) in [5, 5.41) is 8.31. The summed E-state index contributed by atoms with van der Waals surface area (Å²) in [5.41, 5.74) is 0. The molecule has 19 heavy (non-hydrogen) atoms. The number of carboxylic acids is 1. The van der Waals surface area contributed by atoms with Crippen LogP contribution in [-0.2, 0) is 10.0 Å². The molecule has 6 nitrogen and oxygen atoms in total. The van der Waals surface area contributed by atoms with Crippen molar-refractivity contribution < 1.29 is 22.7 Å². The van der Waals surface area contributed by atoms with Crippen LogP contribution in [0.15, 0.2) is 21.6 Å². The summed E-state index contributed by atoms with van der Waals surface area (Å²) in [7, 11) is -3.80. The van der Waals surface area contributed by atoms with Crippen LogP contribution in [0.2, 0.25) is 0 Å². The summed E-state index contributed by atoms with van der Waals surface area (Å²) < 4.78 is 31.1. The molecule has 0 radical (unpaired) electrons. The fourth-order valence-corrected chi connectivity index (χ4v) is 2.76. The first kappa shape index (κ1) is 15.7. The van der Waals surface area contributed by atoms with E-state index in [1.54, 1.807) is 6.92 Å². The molecule has 108 valence electrons. The van der Waals surface area contributed by atoms with Crippen molar-refractivity contribution in [3.63, 3.8) is 0 Å². The van der Waals surface area contributed by atoms with Gasteiger partial charge < -0.3 is 9.52 Å². The predicted molar refractivity (Wildman–Crippen MR) is 69.5 cm³/mol. The fraction of sp³-hybridized carbons (Fsp3) is 0.583. The Balaban J connectivity index is 2.72. The van der Waals surface area contributed by atoms with Crippen molar-refractivity contribution in [2.75, 3.05) is 0 Å². The number of nitrogens with one attached hydrogen (secondary N) is 1. The lowest BCUT2D eigenvalue weighted by molar-refractivity contribution is 0.0656. The maximum Gasteiger partial charge on any atom is 0.371 e. The topological polar surface area (TPSA) is 96.6 Å². The van der Waals surface area contributed by atoms with E-state index in [0.29, 0.717) is 12.3 Å². The van der Waals surface area contributed by atoms with Crippen molar-refractivity contribution in [2.45, 2.75) is 44.7 Å². The molecule has 1 unspecified atom stereocenters. The summed E-state index contributed by atoms with van der Waals surface area (Å²) in [6.45, 7) is 5.89. The second-order valence-electron chi connectivity index (χ2n) is 4.92. The van der Waals surface area contributed by atoms with Gasteiger partial charge in [-0.3, -0.25) is 0 Å². The highest BCUT2D eigenvalue weighted by Crippen LogP contribution is 2.15. The van der Waals surface area contributed by atoms with Gasteiger partial charge in [0, 0.05) is 6.04 Å². The molecule has 1 atom stereocenters. The van der Waals surface area contributed by atoms with E-state index < -0.39 is 21.8 Å². The Morgan fingerprint density at radius 1 is 1.32 bits per heavy atom. The van der Waals surface area contributed by atoms with E-state index >= 15 is 0 Å². The third kappa shape index (κ3) is 4.68. The van der Waals surface area contributed by atoms with E-state index in [1.807, 2.05) is 0 Å². The third-order valence-corrected chi connectivity index (χ3v) is 4.05. The van der Waals surface area contributed by atoms with Gasteiger partial charge in [0.05, 0.1) is 0 Å². The van der Waals surface area contributed by atoms with Crippen molar-refractivity contribution in [2.24, 2.45) is 5.92 Å². The van der Waals surface area contributed by atoms with Crippen LogP contribution >= 0.6 is 0 Å². The minimum Gasteiger partial charge on any atom is -0.475 e. The largest absolute Gasteiger partial charge is 0.475 e. The molecule has 0 bridgehead atoms. The number of aromatic carboxylic acids is 1. The predicted octanol–water partition coefficient (Wildman–Crippen LogP) is 2.08. The molecule has 0 aromatic carbocycles. The molecular weight excluding hydrogens is 270 g/mol. The lowest BCUT2D eigenvalue weighted by Gasteiger charge is -2.14. The van der Waals surface area contributed by atoms with Crippen molar-refractivity contribution in [3.8, 4) is 0 Å². The van der Waals surface area contributed by atoms with Gasteiger partial charge in [-0.1, -0.05) is 13.8 Å². The lowest BCUT2D eigenvalue weighted by Crippen LogP contribution is -2.32. The van der Waals surface area contributed by atoms with Crippen LogP contribution in [-0.4, -0.2) is 25.5 Å². The van der Waals surface area contributed by atoms with E-state index in [-0.39, 0.29) is 11.1 Å². The second kappa shape index (κ2) is 6.21. The van der Waals surface area contributed by atoms with Crippen LogP contribution in [0.5, 0.6) is 0 Å². The van der Waals surface area contributed by atoms with E-state index in [0.717, 1.165) is 18.6 Å². The number of sulfonamides is 1. The van der Waals surface area contributed by atoms with E-state index in [9.17, 15) is 13.2 Å². The average Bonchev–Trinajstić information content (AvgIpc) is 2.75. The Morgan fingerprint density at radius 2 is 1.95 bits per heavy atom. The number of hydrogen-bond acceptors (Lipinski definition) is 4. The van der Waals surface area contributed by atoms with Crippen LogP contribution in [0.25, 0.3) is 0 Å². The number of hydrogen-bond donors (Lipinski definition) is 2. The van der Waals surface area contributed by atoms with Crippen molar-refractivity contribution in [1.29, 1.82) is 0 Å². The zero-order chi connectivity index (χ0) is 14.6. The van der Waals surface area contributed by atoms with Gasteiger partial charge >= 0.3 is 5.97 Å². The Hall–Kier alpha value is -1.34. The number of carboxylic acid groups (broad SMARTS) is 1. The van der Waals surface area contributed by atoms with Gasteiger partial charge in [0.2, 0.25) is 10.9 Å². The zero-order valence-corrected chi connectivity index (χ0v) is 12.0. The molecule has 0 aliphatic carbocycles. The molecule has 1 aromatic heterocycles. The smallest absolute Gasteiger partial charge is 0.371 e. The van der Waals surface area contributed by atoms with Crippen LogP contribution in [0, 0.1) is 5.92 Å². The Bertz CT molecular complexity index is 532. The van der Waals surface area contributed by atoms with Crippen LogP contribution in [0.1, 0.15) is 44.2 Å². The van der Waals surface area contributed by atoms with Gasteiger partial charge in [0.15, 0.2) is 0 Å². The quantitative estimate of drug-likeness (QED) is 0.801. The Morgan fingerprint density at radius 3 is 2.42 bits per heavy atom. The number of rotatable bonds is 7. The molecule has 7 heteroatoms. The van der Waals surface area contributed by atoms with Gasteiger partial charge in [0.25, 0.3) is 10.0 Å². The van der Waals surface area contributed by atoms with E-state index in [2.05, 4.69) is 18.6 Å². The molecule has 1 aromatic rings. The lowest BCUT2D eigenvalue weighted by atomic mass is 10.1. The minimum absolute atomic E-state index is 0.231. The van der Waals surface area contributed by atoms with Crippen molar-refractivity contribution >= 4 is 16.0 Å². The van der Waals surface area contributed by atoms with Crippen LogP contribution < -0.4 is 4.72 Å². The Kier molecular flexibility index (Phi) is 5.13. The van der Waals surface area contributed by atoms with Gasteiger partial charge in [-0.15, -0.1) is 0 Å². The third-order valence-electron chi connectivity index (χ3n) is 2.59. The number of furan rings is 1. The molecule has 0 fully saturated rings. The summed E-state index contributed by atoms with van der Waals surface area (Å²) in [5.74, 6) is -1.20. The first-order valence-corrected chi connectivity index (χ1v) is 7.56. The summed E-state index contributed by atoms with van der Waals surface area (Å²) in [6.07, 6.45) is 1.62. The van der Waals surface area contributed by atoms with Crippen LogP contribution in [0.4, 0.5) is 0 Å². The first-order valence-electron chi connectivity index (χ1n) is 6.08. The van der Waals surface area contributed by atoms with Crippen LogP contribution in [0.3, 0.4) is 0 Å². The highest BCUT2D eigenvalue weighted by atomic mass is 32.2. The SMILES string of the molecule is CC(C)CCC(C)NS(=O)(=O)c1ccc(C(=O)O)o1. The standard InChI is InChI=1S/C12H19NO5S/c1-8(2)4-5-9(3)13-19(16,17)11-7-6-10(18-11)12(14)15/h6-9,13H,4-5H2,1-3H3,(H,14,15). The summed E-state index contributed by atoms with van der Waals surface area (Å²) in [4.78, 5) is 10.6. The minimum atomic E-state index is -3.80. The highest BCUT2D eigenvalue weighted by Gasteiger charge is 2.22. The second-order valence-corrected chi connectivity index (χ2v) is 6.56. The van der Waals surface area contributed by atoms with Crippen molar-refractivity contribution in [1.82, 2.24) is 4.72 Å². The molecule has 0 saturated carbocycles. The molecule has 2 N–H and O–H groups in total. The molecule has 0 amide bonds. The summed E-state index contributed by atoms with van der Waals surface area (Å²) in [6, 6.07) is 2.03. The fourth-order valence-electron chi connectivity index (χ4n) is 1.54. The van der Waals surface area contributed by atoms with E-state index in [4.69, 9.17) is 9.52 Å². The molecule has 0 saturated heterocycles. The Labute approximate surface area is 112 Å². The molecule has 1 heterocycles. The monoisotopic (exact) mass is 289 g/mol.